The predicted octanol–water partition coefficient (Wildman–Crippen LogP) is 0.142. The lowest BCUT2D eigenvalue weighted by Gasteiger charge is -2.32. The molecule has 1 heterocycles. The Morgan fingerprint density at radius 2 is 2.33 bits per heavy atom. The van der Waals surface area contributed by atoms with Crippen LogP contribution in [-0.2, 0) is 4.79 Å². The van der Waals surface area contributed by atoms with Crippen LogP contribution in [0.4, 0.5) is 4.39 Å². The SMILES string of the molecule is C=C1NC(=O)C(C)=CN1C1C[C@H](O)C(CO)=C1F. The Bertz CT molecular complexity index is 470. The van der Waals surface area contributed by atoms with Gasteiger partial charge in [0.15, 0.2) is 0 Å². The summed E-state index contributed by atoms with van der Waals surface area (Å²) in [6.07, 6.45) is 0.623. The molecule has 0 fully saturated rings. The van der Waals surface area contributed by atoms with Crippen molar-refractivity contribution >= 4 is 5.91 Å². The molecule has 1 amide bonds. The van der Waals surface area contributed by atoms with E-state index in [-0.39, 0.29) is 23.7 Å². The first-order valence-electron chi connectivity index (χ1n) is 5.60. The number of hydrogen-bond donors (Lipinski definition) is 3. The Morgan fingerprint density at radius 1 is 1.67 bits per heavy atom. The number of halogens is 1. The molecule has 98 valence electrons. The molecule has 6 heteroatoms. The molecule has 0 radical (unpaired) electrons. The smallest absolute Gasteiger partial charge is 0.253 e. The van der Waals surface area contributed by atoms with Gasteiger partial charge in [0.25, 0.3) is 5.91 Å². The van der Waals surface area contributed by atoms with Crippen LogP contribution in [0.15, 0.2) is 35.6 Å². The van der Waals surface area contributed by atoms with Crippen molar-refractivity contribution in [1.29, 1.82) is 0 Å². The van der Waals surface area contributed by atoms with Crippen molar-refractivity contribution in [2.24, 2.45) is 0 Å². The van der Waals surface area contributed by atoms with E-state index in [1.807, 2.05) is 0 Å². The van der Waals surface area contributed by atoms with Gasteiger partial charge in [-0.1, -0.05) is 6.58 Å². The molecule has 0 aromatic rings. The number of carbonyl (C=O) groups is 1. The highest BCUT2D eigenvalue weighted by Gasteiger charge is 2.38. The second kappa shape index (κ2) is 4.55. The first kappa shape index (κ1) is 12.8. The summed E-state index contributed by atoms with van der Waals surface area (Å²) in [6.45, 7) is 4.74. The topological polar surface area (TPSA) is 72.8 Å². The van der Waals surface area contributed by atoms with Crippen LogP contribution in [0.3, 0.4) is 0 Å². The lowest BCUT2D eigenvalue weighted by Crippen LogP contribution is -2.42. The van der Waals surface area contributed by atoms with E-state index in [0.717, 1.165) is 0 Å². The summed E-state index contributed by atoms with van der Waals surface area (Å²) in [6, 6.07) is -0.731. The molecule has 0 saturated carbocycles. The minimum Gasteiger partial charge on any atom is -0.392 e. The molecule has 1 aliphatic heterocycles. The van der Waals surface area contributed by atoms with Crippen molar-refractivity contribution in [2.45, 2.75) is 25.5 Å². The highest BCUT2D eigenvalue weighted by atomic mass is 19.1. The van der Waals surface area contributed by atoms with Crippen molar-refractivity contribution < 1.29 is 19.4 Å². The summed E-state index contributed by atoms with van der Waals surface area (Å²) >= 11 is 0. The number of amides is 1. The fourth-order valence-electron chi connectivity index (χ4n) is 2.16. The van der Waals surface area contributed by atoms with Crippen LogP contribution in [0, 0.1) is 0 Å². The van der Waals surface area contributed by atoms with E-state index in [0.29, 0.717) is 5.57 Å². The lowest BCUT2D eigenvalue weighted by molar-refractivity contribution is -0.117. The van der Waals surface area contributed by atoms with E-state index in [2.05, 4.69) is 11.9 Å². The Hall–Kier alpha value is -1.66. The number of hydrogen-bond acceptors (Lipinski definition) is 4. The number of nitrogens with one attached hydrogen (secondary N) is 1. The van der Waals surface area contributed by atoms with Gasteiger partial charge in [-0.25, -0.2) is 4.39 Å². The standard InChI is InChI=1S/C12H15FN2O3/c1-6-4-15(7(2)14-12(6)18)9-3-10(17)8(5-16)11(9)13/h4,9-10,16-17H,2-3,5H2,1H3,(H,14,18)/t9?,10-/m0/s1. The van der Waals surface area contributed by atoms with Gasteiger partial charge in [-0.3, -0.25) is 4.79 Å². The van der Waals surface area contributed by atoms with Gasteiger partial charge in [0.1, 0.15) is 11.6 Å². The molecule has 1 unspecified atom stereocenters. The monoisotopic (exact) mass is 254 g/mol. The zero-order valence-corrected chi connectivity index (χ0v) is 9.98. The van der Waals surface area contributed by atoms with Gasteiger partial charge in [-0.15, -0.1) is 0 Å². The molecule has 0 spiro atoms. The van der Waals surface area contributed by atoms with E-state index in [1.165, 1.54) is 11.1 Å². The molecule has 0 aromatic carbocycles. The largest absolute Gasteiger partial charge is 0.392 e. The van der Waals surface area contributed by atoms with Crippen LogP contribution in [-0.4, -0.2) is 39.8 Å². The Kier molecular flexibility index (Phi) is 3.23. The molecule has 0 bridgehead atoms. The van der Waals surface area contributed by atoms with Crippen molar-refractivity contribution in [3.05, 3.63) is 35.6 Å². The number of carbonyl (C=O) groups excluding carboxylic acids is 1. The average molecular weight is 254 g/mol. The first-order chi connectivity index (χ1) is 8.45. The summed E-state index contributed by atoms with van der Waals surface area (Å²) < 4.78 is 14.0. The highest BCUT2D eigenvalue weighted by molar-refractivity contribution is 5.94. The second-order valence-corrected chi connectivity index (χ2v) is 4.42. The van der Waals surface area contributed by atoms with Crippen LogP contribution < -0.4 is 5.32 Å². The molecule has 3 N–H and O–H groups in total. The van der Waals surface area contributed by atoms with Crippen LogP contribution in [0.2, 0.25) is 0 Å². The number of rotatable bonds is 2. The minimum absolute atomic E-state index is 0.00393. The molecule has 2 atom stereocenters. The maximum absolute atomic E-state index is 14.0. The Labute approximate surface area is 104 Å². The maximum atomic E-state index is 14.0. The Balaban J connectivity index is 2.31. The van der Waals surface area contributed by atoms with Crippen molar-refractivity contribution in [3.63, 3.8) is 0 Å². The van der Waals surface area contributed by atoms with E-state index >= 15 is 0 Å². The molecule has 5 nitrogen and oxygen atoms in total. The summed E-state index contributed by atoms with van der Waals surface area (Å²) in [5.74, 6) is -0.579. The average Bonchev–Trinajstić information content (AvgIpc) is 2.59. The second-order valence-electron chi connectivity index (χ2n) is 4.42. The van der Waals surface area contributed by atoms with Gasteiger partial charge in [0, 0.05) is 23.8 Å². The molecule has 2 rings (SSSR count). The molecule has 2 aliphatic rings. The summed E-state index contributed by atoms with van der Waals surface area (Å²) in [5, 5.41) is 21.2. The van der Waals surface area contributed by atoms with Crippen LogP contribution >= 0.6 is 0 Å². The van der Waals surface area contributed by atoms with Crippen molar-refractivity contribution in [1.82, 2.24) is 10.2 Å². The van der Waals surface area contributed by atoms with Crippen molar-refractivity contribution in [3.8, 4) is 0 Å². The fourth-order valence-corrected chi connectivity index (χ4v) is 2.16. The third kappa shape index (κ3) is 1.93. The quantitative estimate of drug-likeness (QED) is 0.655. The van der Waals surface area contributed by atoms with Gasteiger partial charge in [-0.2, -0.15) is 0 Å². The summed E-state index contributed by atoms with van der Waals surface area (Å²) in [7, 11) is 0. The van der Waals surface area contributed by atoms with Crippen molar-refractivity contribution in [2.75, 3.05) is 6.61 Å². The first-order valence-corrected chi connectivity index (χ1v) is 5.60. The molecular formula is C12H15FN2O3. The van der Waals surface area contributed by atoms with Crippen LogP contribution in [0.5, 0.6) is 0 Å². The number of aliphatic hydroxyl groups is 2. The predicted molar refractivity (Wildman–Crippen MR) is 62.5 cm³/mol. The number of nitrogens with zero attached hydrogens (tertiary/aromatic N) is 1. The zero-order valence-electron chi connectivity index (χ0n) is 9.98. The minimum atomic E-state index is -1.00. The fraction of sp³-hybridized carbons (Fsp3) is 0.417. The van der Waals surface area contributed by atoms with E-state index < -0.39 is 24.6 Å². The van der Waals surface area contributed by atoms with E-state index in [9.17, 15) is 14.3 Å². The van der Waals surface area contributed by atoms with Gasteiger partial charge >= 0.3 is 0 Å². The zero-order chi connectivity index (χ0) is 13.4. The Morgan fingerprint density at radius 3 is 2.89 bits per heavy atom. The van der Waals surface area contributed by atoms with Gasteiger partial charge in [0.2, 0.25) is 0 Å². The van der Waals surface area contributed by atoms with Crippen LogP contribution in [0.1, 0.15) is 13.3 Å². The van der Waals surface area contributed by atoms with E-state index in [1.54, 1.807) is 6.92 Å². The highest BCUT2D eigenvalue weighted by Crippen LogP contribution is 2.34. The maximum Gasteiger partial charge on any atom is 0.253 e. The molecular weight excluding hydrogens is 239 g/mol. The molecule has 0 aromatic heterocycles. The summed E-state index contributed by atoms with van der Waals surface area (Å²) in [4.78, 5) is 12.8. The normalized spacial score (nSPS) is 28.7. The molecule has 18 heavy (non-hydrogen) atoms. The molecule has 1 aliphatic carbocycles. The van der Waals surface area contributed by atoms with Gasteiger partial charge in [0.05, 0.1) is 18.8 Å². The number of aliphatic hydroxyl groups excluding tert-OH is 2. The van der Waals surface area contributed by atoms with Gasteiger partial charge in [-0.05, 0) is 6.92 Å². The van der Waals surface area contributed by atoms with Crippen LogP contribution in [0.25, 0.3) is 0 Å². The lowest BCUT2D eigenvalue weighted by atomic mass is 10.1. The van der Waals surface area contributed by atoms with E-state index in [4.69, 9.17) is 5.11 Å². The third-order valence-corrected chi connectivity index (χ3v) is 3.21. The van der Waals surface area contributed by atoms with Gasteiger partial charge < -0.3 is 20.4 Å². The summed E-state index contributed by atoms with van der Waals surface area (Å²) in [5.41, 5.74) is 0.429. The third-order valence-electron chi connectivity index (χ3n) is 3.21. The molecule has 0 saturated heterocycles.